The Morgan fingerprint density at radius 1 is 1.37 bits per heavy atom. The van der Waals surface area contributed by atoms with E-state index in [1.807, 2.05) is 0 Å². The van der Waals surface area contributed by atoms with Gasteiger partial charge < -0.3 is 10.1 Å². The molecule has 1 aromatic heterocycles. The van der Waals surface area contributed by atoms with Gasteiger partial charge in [0, 0.05) is 19.5 Å². The number of carbonyl (C=O) groups excluding carboxylic acids is 1. The summed E-state index contributed by atoms with van der Waals surface area (Å²) in [5, 5.41) is 3.50. The molecule has 2 heterocycles. The van der Waals surface area contributed by atoms with Crippen LogP contribution in [0.2, 0.25) is 0 Å². The molecule has 1 aliphatic heterocycles. The summed E-state index contributed by atoms with van der Waals surface area (Å²) < 4.78 is 7.35. The van der Waals surface area contributed by atoms with Crippen LogP contribution in [0.25, 0.3) is 10.9 Å². The highest BCUT2D eigenvalue weighted by molar-refractivity contribution is 5.80. The molecule has 2 aromatic rings. The van der Waals surface area contributed by atoms with Crippen molar-refractivity contribution in [2.75, 3.05) is 13.2 Å². The Labute approximate surface area is 159 Å². The van der Waals surface area contributed by atoms with Gasteiger partial charge in [-0.25, -0.2) is 4.98 Å². The second-order valence-corrected chi connectivity index (χ2v) is 7.28. The summed E-state index contributed by atoms with van der Waals surface area (Å²) in [4.78, 5) is 29.2. The van der Waals surface area contributed by atoms with Crippen LogP contribution in [0.5, 0.6) is 5.75 Å². The van der Waals surface area contributed by atoms with Crippen molar-refractivity contribution in [1.82, 2.24) is 14.9 Å². The lowest BCUT2D eigenvalue weighted by molar-refractivity contribution is -0.123. The van der Waals surface area contributed by atoms with Gasteiger partial charge in [0.1, 0.15) is 11.6 Å². The van der Waals surface area contributed by atoms with Gasteiger partial charge in [-0.3, -0.25) is 14.2 Å². The lowest BCUT2D eigenvalue weighted by Crippen LogP contribution is -2.33. The second-order valence-electron chi connectivity index (χ2n) is 7.28. The number of hydrogen-bond acceptors (Lipinski definition) is 4. The van der Waals surface area contributed by atoms with E-state index in [9.17, 15) is 9.59 Å². The van der Waals surface area contributed by atoms with E-state index in [1.54, 1.807) is 22.8 Å². The maximum atomic E-state index is 12.6. The number of hydrogen-bond donors (Lipinski definition) is 1. The van der Waals surface area contributed by atoms with Gasteiger partial charge in [-0.1, -0.05) is 33.1 Å². The fourth-order valence-electron chi connectivity index (χ4n) is 3.55. The number of rotatable bonds is 9. The van der Waals surface area contributed by atoms with Crippen LogP contribution in [0.1, 0.15) is 51.8 Å². The van der Waals surface area contributed by atoms with Crippen LogP contribution in [-0.2, 0) is 17.8 Å². The fourth-order valence-corrected chi connectivity index (χ4v) is 3.55. The van der Waals surface area contributed by atoms with Crippen molar-refractivity contribution in [3.63, 3.8) is 0 Å². The van der Waals surface area contributed by atoms with Gasteiger partial charge in [0.25, 0.3) is 11.5 Å². The molecule has 1 aromatic carbocycles. The van der Waals surface area contributed by atoms with Crippen LogP contribution in [-0.4, -0.2) is 28.6 Å². The molecule has 146 valence electrons. The highest BCUT2D eigenvalue weighted by atomic mass is 16.5. The van der Waals surface area contributed by atoms with E-state index in [4.69, 9.17) is 4.74 Å². The Balaban J connectivity index is 1.59. The molecule has 0 saturated heterocycles. The molecule has 1 N–H and O–H groups in total. The van der Waals surface area contributed by atoms with E-state index < -0.39 is 0 Å². The van der Waals surface area contributed by atoms with Crippen LogP contribution in [0, 0.1) is 5.92 Å². The minimum absolute atomic E-state index is 0.0240. The van der Waals surface area contributed by atoms with Crippen LogP contribution in [0.3, 0.4) is 0 Å². The molecule has 27 heavy (non-hydrogen) atoms. The summed E-state index contributed by atoms with van der Waals surface area (Å²) in [6, 6.07) is 5.25. The van der Waals surface area contributed by atoms with Crippen molar-refractivity contribution in [2.45, 2.75) is 58.9 Å². The Kier molecular flexibility index (Phi) is 6.48. The minimum atomic E-state index is -0.131. The van der Waals surface area contributed by atoms with Crippen molar-refractivity contribution in [3.05, 3.63) is 34.4 Å². The third-order valence-corrected chi connectivity index (χ3v) is 5.29. The van der Waals surface area contributed by atoms with Gasteiger partial charge in [0.15, 0.2) is 6.61 Å². The lowest BCUT2D eigenvalue weighted by Gasteiger charge is -2.15. The molecule has 1 amide bonds. The predicted octanol–water partition coefficient (Wildman–Crippen LogP) is 3.05. The molecular formula is C21H29N3O3. The minimum Gasteiger partial charge on any atom is -0.484 e. The Hall–Kier alpha value is -2.37. The number of ether oxygens (including phenoxy) is 1. The molecule has 0 radical (unpaired) electrons. The number of aryl methyl sites for hydroxylation is 1. The third kappa shape index (κ3) is 4.67. The summed E-state index contributed by atoms with van der Waals surface area (Å²) >= 11 is 0. The van der Waals surface area contributed by atoms with Gasteiger partial charge in [-0.05, 0) is 37.0 Å². The topological polar surface area (TPSA) is 73.2 Å². The van der Waals surface area contributed by atoms with Gasteiger partial charge in [0.2, 0.25) is 0 Å². The monoisotopic (exact) mass is 371 g/mol. The lowest BCUT2D eigenvalue weighted by atomic mass is 9.99. The second kappa shape index (κ2) is 9.02. The van der Waals surface area contributed by atoms with Crippen molar-refractivity contribution < 1.29 is 9.53 Å². The molecule has 0 fully saturated rings. The first-order valence-corrected chi connectivity index (χ1v) is 10.0. The smallest absolute Gasteiger partial charge is 0.261 e. The number of nitrogens with zero attached hydrogens (tertiary/aromatic N) is 2. The average molecular weight is 371 g/mol. The Morgan fingerprint density at radius 2 is 2.22 bits per heavy atom. The first kappa shape index (κ1) is 19.4. The predicted molar refractivity (Wildman–Crippen MR) is 106 cm³/mol. The summed E-state index contributed by atoms with van der Waals surface area (Å²) in [6.45, 7) is 5.70. The van der Waals surface area contributed by atoms with Gasteiger partial charge in [-0.15, -0.1) is 0 Å². The number of carbonyl (C=O) groups is 1. The molecule has 6 nitrogen and oxygen atoms in total. The maximum absolute atomic E-state index is 12.6. The van der Waals surface area contributed by atoms with E-state index in [-0.39, 0.29) is 18.1 Å². The highest BCUT2D eigenvalue weighted by Crippen LogP contribution is 2.19. The van der Waals surface area contributed by atoms with Crippen LogP contribution in [0.15, 0.2) is 23.0 Å². The number of nitrogens with one attached hydrogen (secondary N) is 1. The first-order valence-electron chi connectivity index (χ1n) is 10.0. The highest BCUT2D eigenvalue weighted by Gasteiger charge is 2.16. The normalized spacial score (nSPS) is 14.1. The zero-order chi connectivity index (χ0) is 19.2. The summed E-state index contributed by atoms with van der Waals surface area (Å²) in [5.74, 6) is 1.76. The van der Waals surface area contributed by atoms with E-state index in [0.717, 1.165) is 38.1 Å². The Morgan fingerprint density at radius 3 is 3.00 bits per heavy atom. The average Bonchev–Trinajstić information content (AvgIpc) is 3.15. The molecule has 0 aliphatic carbocycles. The van der Waals surface area contributed by atoms with Crippen molar-refractivity contribution in [1.29, 1.82) is 0 Å². The van der Waals surface area contributed by atoms with Crippen LogP contribution >= 0.6 is 0 Å². The molecular weight excluding hydrogens is 342 g/mol. The third-order valence-electron chi connectivity index (χ3n) is 5.29. The van der Waals surface area contributed by atoms with Gasteiger partial charge in [-0.2, -0.15) is 0 Å². The number of aromatic nitrogens is 2. The van der Waals surface area contributed by atoms with E-state index in [0.29, 0.717) is 29.1 Å². The molecule has 0 saturated carbocycles. The molecule has 1 atom stereocenters. The fraction of sp³-hybridized carbons (Fsp3) is 0.571. The van der Waals surface area contributed by atoms with Gasteiger partial charge >= 0.3 is 0 Å². The number of amides is 1. The van der Waals surface area contributed by atoms with E-state index in [1.165, 1.54) is 12.8 Å². The van der Waals surface area contributed by atoms with E-state index in [2.05, 4.69) is 24.1 Å². The van der Waals surface area contributed by atoms with Crippen LogP contribution in [0.4, 0.5) is 0 Å². The molecule has 1 aliphatic rings. The first-order chi connectivity index (χ1) is 13.1. The largest absolute Gasteiger partial charge is 0.484 e. The van der Waals surface area contributed by atoms with E-state index >= 15 is 0 Å². The SMILES string of the molecule is CCCC[C@H](CC)CNC(=O)COc1ccc2nc3n(c(=O)c2c1)CCC3. The summed E-state index contributed by atoms with van der Waals surface area (Å²) in [7, 11) is 0. The molecule has 0 spiro atoms. The van der Waals surface area contributed by atoms with Crippen molar-refractivity contribution in [2.24, 2.45) is 5.92 Å². The molecule has 6 heteroatoms. The Bertz CT molecular complexity index is 860. The molecule has 0 bridgehead atoms. The number of benzene rings is 1. The molecule has 3 rings (SSSR count). The van der Waals surface area contributed by atoms with Gasteiger partial charge in [0.05, 0.1) is 10.9 Å². The maximum Gasteiger partial charge on any atom is 0.261 e. The van der Waals surface area contributed by atoms with Crippen LogP contribution < -0.4 is 15.6 Å². The standard InChI is InChI=1S/C21H29N3O3/c1-3-5-7-15(4-2)13-22-20(25)14-27-16-9-10-18-17(12-16)21(26)24-11-6-8-19(24)23-18/h9-10,12,15H,3-8,11,13-14H2,1-2H3,(H,22,25)/t15-/m0/s1. The quantitative estimate of drug-likeness (QED) is 0.735. The zero-order valence-electron chi connectivity index (χ0n) is 16.3. The summed E-state index contributed by atoms with van der Waals surface area (Å²) in [5.41, 5.74) is 0.663. The zero-order valence-corrected chi connectivity index (χ0v) is 16.3. The van der Waals surface area contributed by atoms with Crippen molar-refractivity contribution in [3.8, 4) is 5.75 Å². The molecule has 0 unspecified atom stereocenters. The number of fused-ring (bicyclic) bond motifs is 2. The van der Waals surface area contributed by atoms with Crippen molar-refractivity contribution >= 4 is 16.8 Å². The number of unbranched alkanes of at least 4 members (excludes halogenated alkanes) is 1. The summed E-state index contributed by atoms with van der Waals surface area (Å²) in [6.07, 6.45) is 6.37.